The van der Waals surface area contributed by atoms with Gasteiger partial charge in [-0.25, -0.2) is 4.98 Å². The van der Waals surface area contributed by atoms with Gasteiger partial charge in [-0.05, 0) is 99.6 Å². The summed E-state index contributed by atoms with van der Waals surface area (Å²) in [4.78, 5) is 15.3. The number of nitrogens with zero attached hydrogens (tertiary/aromatic N) is 4. The molecule has 5 nitrogen and oxygen atoms in total. The van der Waals surface area contributed by atoms with Gasteiger partial charge in [-0.3, -0.25) is 9.97 Å². The lowest BCUT2D eigenvalue weighted by Gasteiger charge is -2.34. The van der Waals surface area contributed by atoms with E-state index in [0.717, 1.165) is 78.2 Å². The van der Waals surface area contributed by atoms with Crippen molar-refractivity contribution in [2.75, 3.05) is 0 Å². The van der Waals surface area contributed by atoms with Gasteiger partial charge in [0, 0.05) is 49.5 Å². The molecule has 0 bridgehead atoms. The molecule has 9 aromatic carbocycles. The third-order valence-electron chi connectivity index (χ3n) is 13.7. The van der Waals surface area contributed by atoms with E-state index in [4.69, 9.17) is 19.4 Å². The maximum atomic E-state index is 6.40. The van der Waals surface area contributed by atoms with Crippen LogP contribution < -0.4 is 20.7 Å². The van der Waals surface area contributed by atoms with E-state index < -0.39 is 8.07 Å². The van der Waals surface area contributed by atoms with Crippen molar-refractivity contribution in [3.8, 4) is 50.7 Å². The van der Waals surface area contributed by atoms with Crippen molar-refractivity contribution in [2.45, 2.75) is 0 Å². The molecule has 0 aliphatic heterocycles. The Labute approximate surface area is 400 Å². The molecule has 0 spiro atoms. The van der Waals surface area contributed by atoms with Gasteiger partial charge in [0.05, 0.1) is 46.2 Å². The predicted molar refractivity (Wildman–Crippen MR) is 287 cm³/mol. The highest BCUT2D eigenvalue weighted by atomic mass is 28.3. The van der Waals surface area contributed by atoms with Gasteiger partial charge in [0.25, 0.3) is 0 Å². The Morgan fingerprint density at radius 1 is 0.319 bits per heavy atom. The van der Waals surface area contributed by atoms with E-state index in [9.17, 15) is 0 Å². The van der Waals surface area contributed by atoms with Gasteiger partial charge >= 0.3 is 0 Å². The van der Waals surface area contributed by atoms with Crippen molar-refractivity contribution in [1.29, 1.82) is 0 Å². The fourth-order valence-corrected chi connectivity index (χ4v) is 15.2. The summed E-state index contributed by atoms with van der Waals surface area (Å²) in [6.45, 7) is 0. The summed E-state index contributed by atoms with van der Waals surface area (Å²) in [6, 6.07) is 86.8. The van der Waals surface area contributed by atoms with Crippen molar-refractivity contribution >= 4 is 72.6 Å². The van der Waals surface area contributed by atoms with E-state index in [1.807, 2.05) is 18.5 Å². The molecule has 0 radical (unpaired) electrons. The molecule has 4 aromatic heterocycles. The Morgan fingerprint density at radius 3 is 1.35 bits per heavy atom. The lowest BCUT2D eigenvalue weighted by Crippen LogP contribution is -2.74. The van der Waals surface area contributed by atoms with Gasteiger partial charge in [-0.2, -0.15) is 0 Å². The van der Waals surface area contributed by atoms with Crippen LogP contribution in [-0.2, 0) is 0 Å². The second-order valence-corrected chi connectivity index (χ2v) is 21.4. The Bertz CT molecular complexity index is 3900. The van der Waals surface area contributed by atoms with Crippen molar-refractivity contribution in [2.24, 2.45) is 0 Å². The first-order chi connectivity index (χ1) is 34.2. The van der Waals surface area contributed by atoms with Gasteiger partial charge in [0.1, 0.15) is 11.2 Å². The summed E-state index contributed by atoms with van der Waals surface area (Å²) in [6.07, 6.45) is 3.75. The van der Waals surface area contributed by atoms with E-state index in [1.54, 1.807) is 0 Å². The lowest BCUT2D eigenvalue weighted by atomic mass is 10.0. The van der Waals surface area contributed by atoms with Crippen LogP contribution in [0.1, 0.15) is 0 Å². The molecule has 13 aromatic rings. The zero-order chi connectivity index (χ0) is 45.7. The molecule has 4 heterocycles. The van der Waals surface area contributed by atoms with Crippen LogP contribution >= 0.6 is 0 Å². The van der Waals surface area contributed by atoms with Crippen molar-refractivity contribution in [1.82, 2.24) is 19.5 Å². The van der Waals surface area contributed by atoms with Crippen LogP contribution in [0.3, 0.4) is 0 Å². The zero-order valence-corrected chi connectivity index (χ0v) is 38.4. The number of rotatable bonds is 9. The Kier molecular flexibility index (Phi) is 9.77. The van der Waals surface area contributed by atoms with Crippen LogP contribution in [0.5, 0.6) is 0 Å². The Morgan fingerprint density at radius 2 is 0.768 bits per heavy atom. The Hall–Kier alpha value is -8.97. The first kappa shape index (κ1) is 40.3. The van der Waals surface area contributed by atoms with E-state index >= 15 is 0 Å². The van der Waals surface area contributed by atoms with Gasteiger partial charge < -0.3 is 8.98 Å². The number of pyridine rings is 1. The summed E-state index contributed by atoms with van der Waals surface area (Å²) in [7, 11) is -2.71. The minimum atomic E-state index is -2.71. The average Bonchev–Trinajstić information content (AvgIpc) is 3.97. The summed E-state index contributed by atoms with van der Waals surface area (Å²) in [5.41, 5.74) is 12.6. The van der Waals surface area contributed by atoms with Gasteiger partial charge in [0.2, 0.25) is 0 Å². The topological polar surface area (TPSA) is 56.7 Å². The second kappa shape index (κ2) is 16.7. The molecule has 0 amide bonds. The third-order valence-corrected chi connectivity index (χ3v) is 18.4. The molecule has 0 saturated heterocycles. The number of fused-ring (bicyclic) bond motifs is 6. The minimum Gasteiger partial charge on any atom is -0.456 e. The molecule has 6 heteroatoms. The molecule has 69 heavy (non-hydrogen) atoms. The zero-order valence-electron chi connectivity index (χ0n) is 37.4. The van der Waals surface area contributed by atoms with Gasteiger partial charge in [0.15, 0.2) is 8.07 Å². The molecule has 0 N–H and O–H groups in total. The lowest BCUT2D eigenvalue weighted by molar-refractivity contribution is 0.669. The molecule has 0 atom stereocenters. The second-order valence-electron chi connectivity index (χ2n) is 17.6. The van der Waals surface area contributed by atoms with Crippen LogP contribution in [0.2, 0.25) is 0 Å². The monoisotopic (exact) mass is 898 g/mol. The molecule has 13 rings (SSSR count). The van der Waals surface area contributed by atoms with Crippen LogP contribution in [0, 0.1) is 0 Å². The van der Waals surface area contributed by atoms with Crippen molar-refractivity contribution < 1.29 is 4.42 Å². The minimum absolute atomic E-state index is 0.795. The SMILES string of the molecule is c1ccc(-n2c3ccccc3c3cc(-c4cnc(-c5ccc6oc7ccc(-c8cccc(-c9cccc([Si](c%10ccccc%10)(c%10ccccc%10)c%10ccccc%10)c9)n8)cc7c6c5)cn4)ccc32)cc1. The number of benzene rings is 9. The van der Waals surface area contributed by atoms with Crippen molar-refractivity contribution in [3.63, 3.8) is 0 Å². The smallest absolute Gasteiger partial charge is 0.179 e. The molecule has 0 aliphatic rings. The maximum absolute atomic E-state index is 6.40. The number of aromatic nitrogens is 4. The highest BCUT2D eigenvalue weighted by Gasteiger charge is 2.41. The van der Waals surface area contributed by atoms with Crippen LogP contribution in [0.15, 0.2) is 259 Å². The summed E-state index contributed by atoms with van der Waals surface area (Å²) >= 11 is 0. The van der Waals surface area contributed by atoms with E-state index in [0.29, 0.717) is 0 Å². The summed E-state index contributed by atoms with van der Waals surface area (Å²) in [5, 5.41) is 9.75. The standard InChI is InChI=1S/C63H42N4OSi/c1-5-18-47(19-6-1)67-60-30-14-13-27-52(60)53-38-45(31-34-61(53)67)58-41-65-59(42-64-58)46-33-36-63-55(40-46)54-39-44(32-35-62(54)68-63)57-29-16-28-56(66-57)43-17-15-26-51(37-43)69(48-20-7-2-8-21-48,49-22-9-3-10-23-49)50-24-11-4-12-25-50/h1-42H. The number of hydrogen-bond donors (Lipinski definition) is 0. The first-order valence-electron chi connectivity index (χ1n) is 23.3. The van der Waals surface area contributed by atoms with E-state index in [-0.39, 0.29) is 0 Å². The number of furan rings is 1. The summed E-state index contributed by atoms with van der Waals surface area (Å²) in [5.74, 6) is 0. The van der Waals surface area contributed by atoms with E-state index in [2.05, 4.69) is 241 Å². The molecule has 0 fully saturated rings. The number of para-hydroxylation sites is 2. The fraction of sp³-hybridized carbons (Fsp3) is 0. The van der Waals surface area contributed by atoms with Gasteiger partial charge in [-0.15, -0.1) is 0 Å². The molecular weight excluding hydrogens is 857 g/mol. The fourth-order valence-electron chi connectivity index (χ4n) is 10.4. The van der Waals surface area contributed by atoms with Crippen molar-refractivity contribution in [3.05, 3.63) is 255 Å². The summed E-state index contributed by atoms with van der Waals surface area (Å²) < 4.78 is 8.72. The quantitative estimate of drug-likeness (QED) is 0.107. The van der Waals surface area contributed by atoms with Crippen LogP contribution in [-0.4, -0.2) is 27.6 Å². The van der Waals surface area contributed by atoms with E-state index in [1.165, 1.54) is 37.0 Å². The average molecular weight is 899 g/mol. The Balaban J connectivity index is 0.836. The normalized spacial score (nSPS) is 11.8. The van der Waals surface area contributed by atoms with Gasteiger partial charge in [-0.1, -0.05) is 164 Å². The third kappa shape index (κ3) is 6.88. The number of hydrogen-bond acceptors (Lipinski definition) is 4. The molecular formula is C63H42N4OSi. The largest absolute Gasteiger partial charge is 0.456 e. The predicted octanol–water partition coefficient (Wildman–Crippen LogP) is 12.9. The molecule has 0 unspecified atom stereocenters. The first-order valence-corrected chi connectivity index (χ1v) is 25.3. The molecule has 0 aliphatic carbocycles. The van der Waals surface area contributed by atoms with Crippen LogP contribution in [0.4, 0.5) is 0 Å². The highest BCUT2D eigenvalue weighted by Crippen LogP contribution is 2.37. The highest BCUT2D eigenvalue weighted by molar-refractivity contribution is 7.19. The maximum Gasteiger partial charge on any atom is 0.179 e. The molecule has 0 saturated carbocycles. The van der Waals surface area contributed by atoms with Crippen LogP contribution in [0.25, 0.3) is 94.5 Å². The molecule has 324 valence electrons.